The Hall–Kier alpha value is -3.98. The minimum absolute atomic E-state index is 0.0957. The van der Waals surface area contributed by atoms with Gasteiger partial charge in [0, 0.05) is 4.91 Å². The molecular formula is C24H32N9O8P. The number of hydrogen-bond donors (Lipinski definition) is 3. The predicted octanol–water partition coefficient (Wildman–Crippen LogP) is 2.88. The first kappa shape index (κ1) is 31.0. The van der Waals surface area contributed by atoms with Crippen molar-refractivity contribution in [2.45, 2.75) is 64.3 Å². The van der Waals surface area contributed by atoms with Crippen molar-refractivity contribution in [3.8, 4) is 11.6 Å². The lowest BCUT2D eigenvalue weighted by Gasteiger charge is -2.25. The molecule has 226 valence electrons. The first-order valence-corrected chi connectivity index (χ1v) is 14.6. The summed E-state index contributed by atoms with van der Waals surface area (Å²) in [6, 6.07) is 5.92. The largest absolute Gasteiger partial charge is 0.476 e. The number of azide groups is 1. The van der Waals surface area contributed by atoms with E-state index in [1.807, 2.05) is 0 Å². The Labute approximate surface area is 240 Å². The van der Waals surface area contributed by atoms with Gasteiger partial charge in [-0.15, -0.1) is 0 Å². The van der Waals surface area contributed by atoms with Gasteiger partial charge in [-0.2, -0.15) is 15.1 Å². The summed E-state index contributed by atoms with van der Waals surface area (Å²) in [7, 11) is -4.27. The Kier molecular flexibility index (Phi) is 9.83. The number of carbonyl (C=O) groups excluding carboxylic acids is 1. The molecule has 17 nitrogen and oxygen atoms in total. The number of aromatic nitrogens is 4. The lowest BCUT2D eigenvalue weighted by Crippen LogP contribution is -2.37. The third kappa shape index (κ3) is 7.07. The Morgan fingerprint density at radius 1 is 1.31 bits per heavy atom. The predicted molar refractivity (Wildman–Crippen MR) is 148 cm³/mol. The summed E-state index contributed by atoms with van der Waals surface area (Å²) in [5.41, 5.74) is 15.5. The highest BCUT2D eigenvalue weighted by Crippen LogP contribution is 2.46. The first-order chi connectivity index (χ1) is 20.0. The number of imidazole rings is 1. The van der Waals surface area contributed by atoms with Crippen LogP contribution in [0, 0.1) is 0 Å². The molecule has 6 atom stereocenters. The molecule has 42 heavy (non-hydrogen) atoms. The fraction of sp³-hybridized carbons (Fsp3) is 0.500. The second-order valence-corrected chi connectivity index (χ2v) is 11.1. The molecule has 0 radical (unpaired) electrons. The molecule has 0 bridgehead atoms. The number of benzene rings is 1. The zero-order valence-electron chi connectivity index (χ0n) is 23.3. The van der Waals surface area contributed by atoms with Crippen LogP contribution in [0.15, 0.2) is 41.8 Å². The van der Waals surface area contributed by atoms with Crippen LogP contribution in [0.5, 0.6) is 11.6 Å². The van der Waals surface area contributed by atoms with E-state index in [-0.39, 0.29) is 28.7 Å². The van der Waals surface area contributed by atoms with Crippen molar-refractivity contribution in [2.24, 2.45) is 5.11 Å². The van der Waals surface area contributed by atoms with Crippen LogP contribution in [-0.2, 0) is 23.4 Å². The fourth-order valence-electron chi connectivity index (χ4n) is 4.12. The van der Waals surface area contributed by atoms with Gasteiger partial charge in [0.05, 0.1) is 31.7 Å². The summed E-state index contributed by atoms with van der Waals surface area (Å²) in [5.74, 6) is -0.428. The van der Waals surface area contributed by atoms with E-state index in [1.54, 1.807) is 51.1 Å². The number of nitrogens with one attached hydrogen (secondary N) is 1. The van der Waals surface area contributed by atoms with Gasteiger partial charge in [-0.3, -0.25) is 13.9 Å². The highest BCUT2D eigenvalue weighted by Gasteiger charge is 2.46. The van der Waals surface area contributed by atoms with Crippen molar-refractivity contribution in [3.05, 3.63) is 47.1 Å². The maximum Gasteiger partial charge on any atom is 0.459 e. The number of anilines is 1. The van der Waals surface area contributed by atoms with Crippen molar-refractivity contribution < 1.29 is 37.7 Å². The van der Waals surface area contributed by atoms with Gasteiger partial charge in [0.15, 0.2) is 11.2 Å². The molecule has 2 aromatic heterocycles. The average molecular weight is 606 g/mol. The van der Waals surface area contributed by atoms with Crippen LogP contribution in [0.3, 0.4) is 0 Å². The summed E-state index contributed by atoms with van der Waals surface area (Å²) in [6.45, 7) is 6.37. The molecule has 0 aliphatic carbocycles. The van der Waals surface area contributed by atoms with Gasteiger partial charge in [0.25, 0.3) is 0 Å². The van der Waals surface area contributed by atoms with Gasteiger partial charge in [0.1, 0.15) is 30.2 Å². The minimum Gasteiger partial charge on any atom is -0.476 e. The standard InChI is InChI=1S/C24H32N9O8P/c1-5-37-21-18-20(28-24(25)29-21)33(12-27-18)22-17(30-32-26)19(34)16(40-22)11-38-42(36,41-15-9-7-6-8-10-15)31-14(4)23(35)39-13(2)3/h6-10,12-14,16-17,19,22,34H,5,11H2,1-4H3,(H,31,36)(H2,25,28,29)/t14-,16-,17-,19-,22-,42?/m1/s1. The van der Waals surface area contributed by atoms with Crippen LogP contribution in [0.4, 0.5) is 5.95 Å². The van der Waals surface area contributed by atoms with Crippen molar-refractivity contribution in [1.29, 1.82) is 0 Å². The Balaban J connectivity index is 1.58. The molecule has 3 heterocycles. The molecular weight excluding hydrogens is 573 g/mol. The van der Waals surface area contributed by atoms with Gasteiger partial charge in [-0.1, -0.05) is 23.3 Å². The highest BCUT2D eigenvalue weighted by atomic mass is 31.2. The van der Waals surface area contributed by atoms with Crippen molar-refractivity contribution >= 4 is 30.8 Å². The lowest BCUT2D eigenvalue weighted by molar-refractivity contribution is -0.149. The van der Waals surface area contributed by atoms with E-state index >= 15 is 0 Å². The summed E-state index contributed by atoms with van der Waals surface area (Å²) < 4.78 is 43.3. The number of nitrogen functional groups attached to an aromatic ring is 1. The van der Waals surface area contributed by atoms with Crippen LogP contribution >= 0.6 is 7.75 Å². The molecule has 4 rings (SSSR count). The van der Waals surface area contributed by atoms with Crippen molar-refractivity contribution in [2.75, 3.05) is 18.9 Å². The summed E-state index contributed by atoms with van der Waals surface area (Å²) in [5, 5.41) is 17.3. The number of esters is 1. The van der Waals surface area contributed by atoms with E-state index in [1.165, 1.54) is 17.8 Å². The van der Waals surface area contributed by atoms with Crippen LogP contribution in [0.1, 0.15) is 33.9 Å². The van der Waals surface area contributed by atoms with Crippen molar-refractivity contribution in [3.63, 3.8) is 0 Å². The number of aliphatic hydroxyl groups excluding tert-OH is 1. The average Bonchev–Trinajstić information content (AvgIpc) is 3.48. The monoisotopic (exact) mass is 605 g/mol. The highest BCUT2D eigenvalue weighted by molar-refractivity contribution is 7.52. The summed E-state index contributed by atoms with van der Waals surface area (Å²) >= 11 is 0. The van der Waals surface area contributed by atoms with Gasteiger partial charge < -0.3 is 29.6 Å². The molecule has 3 aromatic rings. The second-order valence-electron chi connectivity index (χ2n) is 9.43. The lowest BCUT2D eigenvalue weighted by atomic mass is 10.1. The van der Waals surface area contributed by atoms with Gasteiger partial charge in [-0.05, 0) is 45.4 Å². The molecule has 1 unspecified atom stereocenters. The molecule has 0 spiro atoms. The number of nitrogens with zero attached hydrogens (tertiary/aromatic N) is 7. The number of nitrogens with two attached hydrogens (primary N) is 1. The molecule has 1 aromatic carbocycles. The number of aliphatic hydroxyl groups is 1. The van der Waals surface area contributed by atoms with Gasteiger partial charge >= 0.3 is 13.7 Å². The van der Waals surface area contributed by atoms with Gasteiger partial charge in [0.2, 0.25) is 11.8 Å². The zero-order valence-corrected chi connectivity index (χ0v) is 24.2. The summed E-state index contributed by atoms with van der Waals surface area (Å²) in [4.78, 5) is 27.8. The quantitative estimate of drug-likeness (QED) is 0.0837. The van der Waals surface area contributed by atoms with E-state index in [0.717, 1.165) is 0 Å². The number of hydrogen-bond acceptors (Lipinski definition) is 13. The number of ether oxygens (including phenoxy) is 3. The zero-order chi connectivity index (χ0) is 30.4. The van der Waals surface area contributed by atoms with Crippen LogP contribution < -0.4 is 20.1 Å². The van der Waals surface area contributed by atoms with E-state index in [2.05, 4.69) is 30.1 Å². The Morgan fingerprint density at radius 2 is 2.05 bits per heavy atom. The molecule has 0 saturated carbocycles. The van der Waals surface area contributed by atoms with Gasteiger partial charge in [-0.25, -0.2) is 9.55 Å². The number of carbonyl (C=O) groups is 1. The molecule has 0 amide bonds. The molecule has 1 aliphatic rings. The third-order valence-electron chi connectivity index (χ3n) is 5.92. The Bertz CT molecular complexity index is 1480. The van der Waals surface area contributed by atoms with E-state index in [9.17, 15) is 20.0 Å². The first-order valence-electron chi connectivity index (χ1n) is 13.0. The van der Waals surface area contributed by atoms with E-state index < -0.39 is 56.9 Å². The molecule has 4 N–H and O–H groups in total. The molecule has 1 saturated heterocycles. The van der Waals surface area contributed by atoms with Crippen LogP contribution in [0.2, 0.25) is 0 Å². The van der Waals surface area contributed by atoms with Crippen molar-refractivity contribution in [1.82, 2.24) is 24.6 Å². The summed E-state index contributed by atoms with van der Waals surface area (Å²) in [6.07, 6.45) is -2.74. The SMILES string of the molecule is CCOc1nc(N)nc2c1ncn2[C@@H]1O[C@H](COP(=O)(N[C@H](C)C(=O)OC(C)C)Oc2ccccc2)[C@@H](O)[C@H]1N=[N+]=[N-]. The van der Waals surface area contributed by atoms with E-state index in [0.29, 0.717) is 6.61 Å². The third-order valence-corrected chi connectivity index (χ3v) is 7.56. The number of rotatable bonds is 13. The molecule has 1 aliphatic heterocycles. The number of para-hydroxylation sites is 1. The Morgan fingerprint density at radius 3 is 2.71 bits per heavy atom. The second kappa shape index (κ2) is 13.3. The maximum absolute atomic E-state index is 13.8. The van der Waals surface area contributed by atoms with Crippen LogP contribution in [-0.4, -0.2) is 74.2 Å². The minimum atomic E-state index is -4.27. The van der Waals surface area contributed by atoms with Crippen LogP contribution in [0.25, 0.3) is 21.6 Å². The fourth-order valence-corrected chi connectivity index (χ4v) is 5.62. The normalized spacial score (nSPS) is 22.3. The smallest absolute Gasteiger partial charge is 0.459 e. The van der Waals surface area contributed by atoms with E-state index in [4.69, 9.17) is 29.0 Å². The maximum atomic E-state index is 13.8. The topological polar surface area (TPSA) is 231 Å². The molecule has 18 heteroatoms. The molecule has 1 fully saturated rings. The number of fused-ring (bicyclic) bond motifs is 1.